The molecule has 118 valence electrons. The van der Waals surface area contributed by atoms with Crippen LogP contribution in [-0.2, 0) is 14.3 Å². The average Bonchev–Trinajstić information content (AvgIpc) is 2.51. The van der Waals surface area contributed by atoms with Crippen LogP contribution in [0.3, 0.4) is 0 Å². The molecule has 1 aromatic rings. The number of rotatable bonds is 8. The summed E-state index contributed by atoms with van der Waals surface area (Å²) >= 11 is 0. The zero-order valence-corrected chi connectivity index (χ0v) is 13.0. The number of hydrogen-bond donors (Lipinski definition) is 1. The van der Waals surface area contributed by atoms with Gasteiger partial charge in [0.1, 0.15) is 0 Å². The maximum atomic E-state index is 11.9. The van der Waals surface area contributed by atoms with E-state index in [0.29, 0.717) is 30.9 Å². The summed E-state index contributed by atoms with van der Waals surface area (Å²) in [5, 5.41) is 11.5. The van der Waals surface area contributed by atoms with Crippen LogP contribution in [0.4, 0.5) is 5.69 Å². The van der Waals surface area contributed by atoms with Gasteiger partial charge >= 0.3 is 0 Å². The van der Waals surface area contributed by atoms with Crippen molar-refractivity contribution in [3.05, 3.63) is 29.8 Å². The van der Waals surface area contributed by atoms with Crippen LogP contribution in [0, 0.1) is 11.3 Å². The number of amides is 2. The van der Waals surface area contributed by atoms with Crippen molar-refractivity contribution in [2.45, 2.75) is 19.8 Å². The molecule has 1 rings (SSSR count). The number of anilines is 1. The summed E-state index contributed by atoms with van der Waals surface area (Å²) in [7, 11) is 1.61. The molecule has 0 saturated carbocycles. The van der Waals surface area contributed by atoms with Crippen LogP contribution in [0.2, 0.25) is 0 Å². The van der Waals surface area contributed by atoms with Gasteiger partial charge in [0, 0.05) is 45.8 Å². The molecule has 0 aliphatic rings. The Hall–Kier alpha value is -2.39. The molecule has 1 aromatic carbocycles. The van der Waals surface area contributed by atoms with Gasteiger partial charge in [0.15, 0.2) is 0 Å². The van der Waals surface area contributed by atoms with Gasteiger partial charge in [-0.05, 0) is 30.7 Å². The summed E-state index contributed by atoms with van der Waals surface area (Å²) in [6.07, 6.45) is 0.972. The molecule has 0 radical (unpaired) electrons. The van der Waals surface area contributed by atoms with E-state index in [0.717, 1.165) is 6.42 Å². The quantitative estimate of drug-likeness (QED) is 0.742. The molecule has 6 heteroatoms. The Morgan fingerprint density at radius 3 is 2.50 bits per heavy atom. The average molecular weight is 303 g/mol. The Morgan fingerprint density at radius 2 is 1.95 bits per heavy atom. The van der Waals surface area contributed by atoms with Crippen LogP contribution in [0.1, 0.15) is 25.3 Å². The molecule has 0 heterocycles. The first kappa shape index (κ1) is 17.7. The second kappa shape index (κ2) is 9.53. The molecule has 22 heavy (non-hydrogen) atoms. The lowest BCUT2D eigenvalue weighted by Crippen LogP contribution is -2.33. The van der Waals surface area contributed by atoms with Crippen molar-refractivity contribution in [3.63, 3.8) is 0 Å². The number of carbonyl (C=O) groups excluding carboxylic acids is 2. The Morgan fingerprint density at radius 1 is 1.27 bits per heavy atom. The van der Waals surface area contributed by atoms with Crippen LogP contribution in [-0.4, -0.2) is 43.5 Å². The number of benzene rings is 1. The summed E-state index contributed by atoms with van der Waals surface area (Å²) in [5.74, 6) is -0.218. The van der Waals surface area contributed by atoms with Crippen LogP contribution >= 0.6 is 0 Å². The number of hydrogen-bond acceptors (Lipinski definition) is 4. The summed E-state index contributed by atoms with van der Waals surface area (Å²) in [5.41, 5.74) is 1.18. The minimum absolute atomic E-state index is 0.0534. The Labute approximate surface area is 130 Å². The summed E-state index contributed by atoms with van der Waals surface area (Å²) in [6.45, 7) is 3.03. The SMILES string of the molecule is COCCCN(CCC(=O)Nc1ccc(C#N)cc1)C(C)=O. The molecule has 0 aliphatic carbocycles. The van der Waals surface area contributed by atoms with Gasteiger partial charge in [-0.15, -0.1) is 0 Å². The number of ether oxygens (including phenoxy) is 1. The second-order valence-electron chi connectivity index (χ2n) is 4.84. The fourth-order valence-corrected chi connectivity index (χ4v) is 1.91. The van der Waals surface area contributed by atoms with E-state index in [9.17, 15) is 9.59 Å². The molecule has 0 spiro atoms. The van der Waals surface area contributed by atoms with E-state index < -0.39 is 0 Å². The standard InChI is InChI=1S/C16H21N3O3/c1-13(20)19(9-3-11-22-2)10-8-16(21)18-15-6-4-14(12-17)5-7-15/h4-7H,3,8-11H2,1-2H3,(H,18,21). The molecule has 0 unspecified atom stereocenters. The monoisotopic (exact) mass is 303 g/mol. The van der Waals surface area contributed by atoms with Gasteiger partial charge < -0.3 is 15.0 Å². The maximum absolute atomic E-state index is 11.9. The third kappa shape index (κ3) is 6.37. The van der Waals surface area contributed by atoms with Gasteiger partial charge in [0.05, 0.1) is 11.6 Å². The lowest BCUT2D eigenvalue weighted by Gasteiger charge is -2.20. The van der Waals surface area contributed by atoms with Crippen LogP contribution in [0.25, 0.3) is 0 Å². The third-order valence-electron chi connectivity index (χ3n) is 3.13. The van der Waals surface area contributed by atoms with E-state index in [1.165, 1.54) is 6.92 Å². The van der Waals surface area contributed by atoms with Gasteiger partial charge in [-0.25, -0.2) is 0 Å². The number of nitriles is 1. The van der Waals surface area contributed by atoms with Gasteiger partial charge in [0.25, 0.3) is 0 Å². The lowest BCUT2D eigenvalue weighted by atomic mass is 10.2. The summed E-state index contributed by atoms with van der Waals surface area (Å²) in [6, 6.07) is 8.66. The molecule has 0 atom stereocenters. The van der Waals surface area contributed by atoms with Crippen molar-refractivity contribution in [1.82, 2.24) is 4.90 Å². The maximum Gasteiger partial charge on any atom is 0.226 e. The Bertz CT molecular complexity index is 535. The van der Waals surface area contributed by atoms with Gasteiger partial charge in [0.2, 0.25) is 11.8 Å². The topological polar surface area (TPSA) is 82.4 Å². The van der Waals surface area contributed by atoms with Crippen LogP contribution < -0.4 is 5.32 Å². The predicted molar refractivity (Wildman–Crippen MR) is 83.2 cm³/mol. The molecule has 0 bridgehead atoms. The second-order valence-corrected chi connectivity index (χ2v) is 4.84. The van der Waals surface area contributed by atoms with Crippen molar-refractivity contribution in [1.29, 1.82) is 5.26 Å². The van der Waals surface area contributed by atoms with Crippen molar-refractivity contribution < 1.29 is 14.3 Å². The van der Waals surface area contributed by atoms with Crippen molar-refractivity contribution in [2.24, 2.45) is 0 Å². The van der Waals surface area contributed by atoms with Gasteiger partial charge in [-0.3, -0.25) is 9.59 Å². The Kier molecular flexibility index (Phi) is 7.65. The van der Waals surface area contributed by atoms with E-state index >= 15 is 0 Å². The minimum atomic E-state index is -0.164. The molecular weight excluding hydrogens is 282 g/mol. The summed E-state index contributed by atoms with van der Waals surface area (Å²) < 4.78 is 4.96. The molecule has 0 aromatic heterocycles. The molecule has 0 saturated heterocycles. The van der Waals surface area contributed by atoms with Gasteiger partial charge in [-0.1, -0.05) is 0 Å². The molecular formula is C16H21N3O3. The fraction of sp³-hybridized carbons (Fsp3) is 0.438. The van der Waals surface area contributed by atoms with Crippen LogP contribution in [0.5, 0.6) is 0 Å². The lowest BCUT2D eigenvalue weighted by molar-refractivity contribution is -0.129. The first-order valence-electron chi connectivity index (χ1n) is 7.11. The van der Waals surface area contributed by atoms with Crippen molar-refractivity contribution in [2.75, 3.05) is 32.1 Å². The fourth-order valence-electron chi connectivity index (χ4n) is 1.91. The zero-order chi connectivity index (χ0) is 16.4. The molecule has 0 fully saturated rings. The smallest absolute Gasteiger partial charge is 0.226 e. The Balaban J connectivity index is 2.42. The minimum Gasteiger partial charge on any atom is -0.385 e. The van der Waals surface area contributed by atoms with E-state index in [4.69, 9.17) is 10.00 Å². The first-order valence-corrected chi connectivity index (χ1v) is 7.11. The molecule has 1 N–H and O–H groups in total. The van der Waals surface area contributed by atoms with Crippen LogP contribution in [0.15, 0.2) is 24.3 Å². The number of methoxy groups -OCH3 is 1. The highest BCUT2D eigenvalue weighted by Gasteiger charge is 2.11. The first-order chi connectivity index (χ1) is 10.6. The zero-order valence-electron chi connectivity index (χ0n) is 13.0. The molecule has 6 nitrogen and oxygen atoms in total. The van der Waals surface area contributed by atoms with E-state index in [2.05, 4.69) is 5.32 Å². The van der Waals surface area contributed by atoms with E-state index in [1.54, 1.807) is 36.3 Å². The van der Waals surface area contributed by atoms with Crippen molar-refractivity contribution >= 4 is 17.5 Å². The molecule has 0 aliphatic heterocycles. The highest BCUT2D eigenvalue weighted by molar-refractivity contribution is 5.91. The number of carbonyl (C=O) groups is 2. The largest absolute Gasteiger partial charge is 0.385 e. The summed E-state index contributed by atoms with van der Waals surface area (Å²) in [4.78, 5) is 25.0. The highest BCUT2D eigenvalue weighted by Crippen LogP contribution is 2.09. The van der Waals surface area contributed by atoms with Gasteiger partial charge in [-0.2, -0.15) is 5.26 Å². The normalized spacial score (nSPS) is 9.86. The number of nitrogens with one attached hydrogen (secondary N) is 1. The van der Waals surface area contributed by atoms with E-state index in [1.807, 2.05) is 6.07 Å². The predicted octanol–water partition coefficient (Wildman–Crippen LogP) is 1.77. The molecule has 2 amide bonds. The van der Waals surface area contributed by atoms with E-state index in [-0.39, 0.29) is 18.2 Å². The third-order valence-corrected chi connectivity index (χ3v) is 3.13. The highest BCUT2D eigenvalue weighted by atomic mass is 16.5. The number of nitrogens with zero attached hydrogens (tertiary/aromatic N) is 2. The van der Waals surface area contributed by atoms with Crippen molar-refractivity contribution in [3.8, 4) is 6.07 Å².